The number of amides is 1. The van der Waals surface area contributed by atoms with E-state index in [1.165, 1.54) is 6.33 Å². The molecule has 0 unspecified atom stereocenters. The number of nitrogen functional groups attached to an aromatic ring is 1. The van der Waals surface area contributed by atoms with Crippen LogP contribution in [0.15, 0.2) is 41.2 Å². The van der Waals surface area contributed by atoms with Crippen LogP contribution in [0.5, 0.6) is 0 Å². The van der Waals surface area contributed by atoms with E-state index in [0.29, 0.717) is 33.7 Å². The van der Waals surface area contributed by atoms with Crippen molar-refractivity contribution in [3.8, 4) is 11.3 Å². The Morgan fingerprint density at radius 1 is 1.41 bits per heavy atom. The molecule has 1 amide bonds. The summed E-state index contributed by atoms with van der Waals surface area (Å²) in [5.74, 6) is 0.556. The van der Waals surface area contributed by atoms with Crippen LogP contribution in [0.4, 0.5) is 11.5 Å². The first-order valence-electron chi connectivity index (χ1n) is 8.43. The number of fused-ring (bicyclic) bond motifs is 1. The van der Waals surface area contributed by atoms with Gasteiger partial charge in [0.15, 0.2) is 0 Å². The van der Waals surface area contributed by atoms with Gasteiger partial charge in [-0.3, -0.25) is 4.79 Å². The number of benzene rings is 1. The van der Waals surface area contributed by atoms with Crippen molar-refractivity contribution in [1.82, 2.24) is 14.5 Å². The van der Waals surface area contributed by atoms with Gasteiger partial charge in [0.1, 0.15) is 17.8 Å². The number of anilines is 2. The van der Waals surface area contributed by atoms with Crippen molar-refractivity contribution >= 4 is 56.0 Å². The molecule has 4 rings (SSSR count). The molecule has 0 spiro atoms. The first-order valence-corrected chi connectivity index (χ1v) is 9.60. The fourth-order valence-electron chi connectivity index (χ4n) is 3.14. The van der Waals surface area contributed by atoms with Crippen molar-refractivity contribution in [1.29, 1.82) is 0 Å². The highest BCUT2D eigenvalue weighted by molar-refractivity contribution is 9.10. The average Bonchev–Trinajstić information content (AvgIpc) is 3.44. The van der Waals surface area contributed by atoms with Gasteiger partial charge in [0.2, 0.25) is 0 Å². The number of nitrogens with two attached hydrogens (primary N) is 1. The van der Waals surface area contributed by atoms with E-state index < -0.39 is 0 Å². The minimum atomic E-state index is -0.157. The highest BCUT2D eigenvalue weighted by atomic mass is 79.9. The Morgan fingerprint density at radius 3 is 2.78 bits per heavy atom. The molecule has 0 saturated heterocycles. The molecule has 27 heavy (non-hydrogen) atoms. The Bertz CT molecular complexity index is 1100. The van der Waals surface area contributed by atoms with E-state index >= 15 is 0 Å². The van der Waals surface area contributed by atoms with E-state index in [9.17, 15) is 4.79 Å². The van der Waals surface area contributed by atoms with Crippen LogP contribution in [0, 0.1) is 5.92 Å². The van der Waals surface area contributed by atoms with Crippen LogP contribution in [-0.2, 0) is 11.8 Å². The molecular weight excluding hydrogens is 430 g/mol. The van der Waals surface area contributed by atoms with Crippen molar-refractivity contribution in [3.05, 3.63) is 46.2 Å². The van der Waals surface area contributed by atoms with Gasteiger partial charge in [0.25, 0.3) is 5.91 Å². The van der Waals surface area contributed by atoms with E-state index in [2.05, 4.69) is 37.8 Å². The number of aryl methyl sites for hydroxylation is 1. The van der Waals surface area contributed by atoms with Gasteiger partial charge in [-0.25, -0.2) is 9.97 Å². The summed E-state index contributed by atoms with van der Waals surface area (Å²) in [6.07, 6.45) is 3.50. The molecular formula is C19H17BrClN5O. The van der Waals surface area contributed by atoms with Gasteiger partial charge in [-0.15, -0.1) is 0 Å². The smallest absolute Gasteiger partial charge is 0.251 e. The number of aromatic nitrogens is 3. The number of carbonyl (C=O) groups excluding carboxylic acids is 1. The number of hydrogen-bond donors (Lipinski definition) is 2. The van der Waals surface area contributed by atoms with Crippen molar-refractivity contribution in [2.75, 3.05) is 11.1 Å². The number of rotatable bonds is 4. The maximum atomic E-state index is 12.2. The summed E-state index contributed by atoms with van der Waals surface area (Å²) in [6.45, 7) is 3.88. The lowest BCUT2D eigenvalue weighted by Gasteiger charge is -2.11. The minimum Gasteiger partial charge on any atom is -0.383 e. The Morgan fingerprint density at radius 2 is 2.15 bits per heavy atom. The molecule has 6 nitrogen and oxygen atoms in total. The van der Waals surface area contributed by atoms with E-state index in [1.807, 2.05) is 23.7 Å². The summed E-state index contributed by atoms with van der Waals surface area (Å²) < 4.78 is 2.69. The van der Waals surface area contributed by atoms with Crippen LogP contribution in [0.25, 0.3) is 22.3 Å². The monoisotopic (exact) mass is 445 g/mol. The summed E-state index contributed by atoms with van der Waals surface area (Å²) in [5, 5.41) is 4.11. The summed E-state index contributed by atoms with van der Waals surface area (Å²) in [4.78, 5) is 20.6. The number of halogens is 2. The fraction of sp³-hybridized carbons (Fsp3) is 0.211. The predicted octanol–water partition coefficient (Wildman–Crippen LogP) is 4.54. The molecule has 1 aromatic carbocycles. The topological polar surface area (TPSA) is 85.8 Å². The van der Waals surface area contributed by atoms with Crippen LogP contribution in [-0.4, -0.2) is 20.4 Å². The zero-order valence-electron chi connectivity index (χ0n) is 14.6. The third-order valence-corrected chi connectivity index (χ3v) is 5.87. The molecule has 1 saturated carbocycles. The van der Waals surface area contributed by atoms with Crippen LogP contribution in [0.1, 0.15) is 12.8 Å². The third kappa shape index (κ3) is 3.11. The molecule has 1 aliphatic carbocycles. The second kappa shape index (κ2) is 6.65. The summed E-state index contributed by atoms with van der Waals surface area (Å²) >= 11 is 10.1. The molecule has 8 heteroatoms. The van der Waals surface area contributed by atoms with Crippen molar-refractivity contribution in [2.45, 2.75) is 12.8 Å². The van der Waals surface area contributed by atoms with Crippen LogP contribution < -0.4 is 11.1 Å². The Labute approximate surface area is 169 Å². The lowest BCUT2D eigenvalue weighted by molar-refractivity contribution is -0.113. The fourth-order valence-corrected chi connectivity index (χ4v) is 4.27. The zero-order chi connectivity index (χ0) is 19.3. The van der Waals surface area contributed by atoms with Gasteiger partial charge >= 0.3 is 0 Å². The first-order chi connectivity index (χ1) is 12.9. The maximum absolute atomic E-state index is 12.2. The zero-order valence-corrected chi connectivity index (χ0v) is 16.9. The normalized spacial score (nSPS) is 13.7. The molecule has 0 atom stereocenters. The number of nitrogens with one attached hydrogen (secondary N) is 1. The summed E-state index contributed by atoms with van der Waals surface area (Å²) in [6, 6.07) is 5.41. The van der Waals surface area contributed by atoms with Gasteiger partial charge in [-0.1, -0.05) is 18.2 Å². The molecule has 2 heterocycles. The Balaban J connectivity index is 1.71. The van der Waals surface area contributed by atoms with Crippen LogP contribution in [0.3, 0.4) is 0 Å². The van der Waals surface area contributed by atoms with Crippen LogP contribution >= 0.6 is 27.5 Å². The van der Waals surface area contributed by atoms with Crippen molar-refractivity contribution in [3.63, 3.8) is 0 Å². The molecule has 0 bridgehead atoms. The van der Waals surface area contributed by atoms with Crippen LogP contribution in [0.2, 0.25) is 5.02 Å². The largest absolute Gasteiger partial charge is 0.383 e. The number of carbonyl (C=O) groups is 1. The van der Waals surface area contributed by atoms with E-state index in [-0.39, 0.29) is 5.91 Å². The van der Waals surface area contributed by atoms with Gasteiger partial charge in [0.05, 0.1) is 20.6 Å². The average molecular weight is 447 g/mol. The van der Waals surface area contributed by atoms with Gasteiger partial charge in [0, 0.05) is 23.9 Å². The lowest BCUT2D eigenvalue weighted by Crippen LogP contribution is -2.14. The first kappa shape index (κ1) is 18.0. The van der Waals surface area contributed by atoms with Gasteiger partial charge in [-0.05, 0) is 52.9 Å². The molecule has 3 aromatic rings. The predicted molar refractivity (Wildman–Crippen MR) is 112 cm³/mol. The Hall–Kier alpha value is -2.38. The number of nitrogens with zero attached hydrogens (tertiary/aromatic N) is 3. The summed E-state index contributed by atoms with van der Waals surface area (Å²) in [5.41, 5.74) is 9.60. The second-order valence-corrected chi connectivity index (χ2v) is 7.83. The molecule has 138 valence electrons. The summed E-state index contributed by atoms with van der Waals surface area (Å²) in [7, 11) is 1.89. The van der Waals surface area contributed by atoms with Gasteiger partial charge < -0.3 is 15.6 Å². The maximum Gasteiger partial charge on any atom is 0.251 e. The molecule has 1 fully saturated rings. The van der Waals surface area contributed by atoms with Gasteiger partial charge in [-0.2, -0.15) is 0 Å². The SMILES string of the molecule is C=C(C(=O)Nc1ccc(-c2c(Br)c3c(N)ncnc3n2C)c(Cl)c1)C1CC1. The van der Waals surface area contributed by atoms with Crippen molar-refractivity contribution < 1.29 is 4.79 Å². The van der Waals surface area contributed by atoms with E-state index in [1.54, 1.807) is 6.07 Å². The second-order valence-electron chi connectivity index (χ2n) is 6.63. The molecule has 0 radical (unpaired) electrons. The third-order valence-electron chi connectivity index (χ3n) is 4.78. The lowest BCUT2D eigenvalue weighted by atomic mass is 10.1. The molecule has 1 aliphatic rings. The highest BCUT2D eigenvalue weighted by Crippen LogP contribution is 2.41. The highest BCUT2D eigenvalue weighted by Gasteiger charge is 2.29. The standard InChI is InChI=1S/C19H17BrClN5O/c1-9(10-3-4-10)19(27)25-11-5-6-12(13(21)7-11)16-15(20)14-17(22)23-8-24-18(14)26(16)2/h5-8,10H,1,3-4H2,2H3,(H,25,27)(H2,22,23,24). The quantitative estimate of drug-likeness (QED) is 0.576. The van der Waals surface area contributed by atoms with Crippen molar-refractivity contribution in [2.24, 2.45) is 13.0 Å². The van der Waals surface area contributed by atoms with E-state index in [4.69, 9.17) is 17.3 Å². The Kier molecular flexibility index (Phi) is 4.44. The molecule has 3 N–H and O–H groups in total. The number of hydrogen-bond acceptors (Lipinski definition) is 4. The molecule has 0 aliphatic heterocycles. The minimum absolute atomic E-state index is 0.157. The van der Waals surface area contributed by atoms with E-state index in [0.717, 1.165) is 34.0 Å². The molecule has 2 aromatic heterocycles.